The zero-order valence-corrected chi connectivity index (χ0v) is 18.3. The summed E-state index contributed by atoms with van der Waals surface area (Å²) in [6.07, 6.45) is 2.42. The van der Waals surface area contributed by atoms with Gasteiger partial charge in [-0.05, 0) is 56.2 Å². The summed E-state index contributed by atoms with van der Waals surface area (Å²) in [5.41, 5.74) is 5.93. The summed E-state index contributed by atoms with van der Waals surface area (Å²) in [5, 5.41) is 35.4. The van der Waals surface area contributed by atoms with Crippen molar-refractivity contribution < 1.29 is 24.9 Å². The molecule has 0 unspecified atom stereocenters. The van der Waals surface area contributed by atoms with Crippen LogP contribution >= 0.6 is 0 Å². The van der Waals surface area contributed by atoms with Gasteiger partial charge in [0.25, 0.3) is 0 Å². The van der Waals surface area contributed by atoms with Gasteiger partial charge in [0, 0.05) is 27.8 Å². The van der Waals surface area contributed by atoms with E-state index in [2.05, 4.69) is 29.0 Å². The summed E-state index contributed by atoms with van der Waals surface area (Å²) in [6.45, 7) is 1.69. The maximum absolute atomic E-state index is 13.7. The van der Waals surface area contributed by atoms with E-state index in [0.717, 1.165) is 0 Å². The number of benzene rings is 2. The van der Waals surface area contributed by atoms with Crippen LogP contribution in [0.3, 0.4) is 0 Å². The lowest BCUT2D eigenvalue weighted by atomic mass is 9.80. The molecular formula is C27H22N2O5. The number of aromatic hydroxyl groups is 1. The lowest BCUT2D eigenvalue weighted by molar-refractivity contribution is 0.0976. The lowest BCUT2D eigenvalue weighted by Crippen LogP contribution is -2.38. The van der Waals surface area contributed by atoms with Gasteiger partial charge in [-0.15, -0.1) is 0 Å². The monoisotopic (exact) mass is 454 g/mol. The second-order valence-electron chi connectivity index (χ2n) is 8.87. The molecule has 0 amide bonds. The zero-order valence-electron chi connectivity index (χ0n) is 18.3. The Morgan fingerprint density at radius 2 is 1.74 bits per heavy atom. The number of nitrogens with one attached hydrogen (secondary N) is 1. The highest BCUT2D eigenvalue weighted by Crippen LogP contribution is 2.53. The number of anilines is 2. The van der Waals surface area contributed by atoms with Gasteiger partial charge in [0.15, 0.2) is 11.6 Å². The minimum Gasteiger partial charge on any atom is -0.507 e. The first-order chi connectivity index (χ1) is 16.2. The number of fused-ring (bicyclic) bond motifs is 4. The van der Waals surface area contributed by atoms with E-state index in [9.17, 15) is 24.9 Å². The van der Waals surface area contributed by atoms with Crippen LogP contribution in [0.4, 0.5) is 11.4 Å². The topological polar surface area (TPSA) is 133 Å². The molecule has 7 heteroatoms. The van der Waals surface area contributed by atoms with Crippen molar-refractivity contribution in [2.45, 2.75) is 38.0 Å². The number of aliphatic hydroxyl groups excluding tert-OH is 2. The molecule has 2 aliphatic carbocycles. The predicted octanol–water partition coefficient (Wildman–Crippen LogP) is 2.30. The summed E-state index contributed by atoms with van der Waals surface area (Å²) in [7, 11) is 0. The number of aliphatic hydroxyl groups is 2. The predicted molar refractivity (Wildman–Crippen MR) is 126 cm³/mol. The van der Waals surface area contributed by atoms with E-state index in [1.54, 1.807) is 13.0 Å². The normalized spacial score (nSPS) is 23.3. The number of carbonyl (C=O) groups is 2. The fourth-order valence-electron chi connectivity index (χ4n) is 4.71. The van der Waals surface area contributed by atoms with Gasteiger partial charge in [0.05, 0.1) is 29.0 Å². The highest BCUT2D eigenvalue weighted by Gasteiger charge is 2.53. The van der Waals surface area contributed by atoms with Crippen molar-refractivity contribution in [3.05, 3.63) is 64.2 Å². The number of hydrogen-bond donors (Lipinski definition) is 5. The van der Waals surface area contributed by atoms with Crippen LogP contribution in [-0.2, 0) is 0 Å². The van der Waals surface area contributed by atoms with E-state index in [-0.39, 0.29) is 33.5 Å². The quantitative estimate of drug-likeness (QED) is 0.228. The highest BCUT2D eigenvalue weighted by atomic mass is 16.3. The number of rotatable bonds is 2. The summed E-state index contributed by atoms with van der Waals surface area (Å²) >= 11 is 0. The molecule has 3 atom stereocenters. The van der Waals surface area contributed by atoms with Crippen LogP contribution in [-0.4, -0.2) is 39.0 Å². The Labute approximate surface area is 196 Å². The average molecular weight is 454 g/mol. The third-order valence-electron chi connectivity index (χ3n) is 6.84. The van der Waals surface area contributed by atoms with E-state index < -0.39 is 41.0 Å². The zero-order chi connectivity index (χ0) is 24.2. The Morgan fingerprint density at radius 3 is 2.41 bits per heavy atom. The van der Waals surface area contributed by atoms with Crippen molar-refractivity contribution in [2.75, 3.05) is 11.1 Å². The molecule has 2 aromatic rings. The standard InChI is InChI=1S/C27H22N2O5/c1-14(30)27(10-11-27)21-7-5-3-2-4-6-19(31)18-13-20(32)22-23(24(18)29-21)25(33)16-9-8-15(28)12-17(16)26(22)34/h2-3,8-9,12-14,19,21,29-32H,10-11,28H2,1H3/b3-2-/t14-,19-,21+/m1/s1. The van der Waals surface area contributed by atoms with Crippen LogP contribution in [0.15, 0.2) is 36.4 Å². The van der Waals surface area contributed by atoms with Crippen molar-refractivity contribution in [1.82, 2.24) is 0 Å². The molecule has 0 saturated heterocycles. The molecule has 6 N–H and O–H groups in total. The summed E-state index contributed by atoms with van der Waals surface area (Å²) in [5.74, 6) is 9.88. The van der Waals surface area contributed by atoms with E-state index in [0.29, 0.717) is 18.5 Å². The molecule has 170 valence electrons. The number of carbonyl (C=O) groups excluding carboxylic acids is 2. The molecule has 0 spiro atoms. The van der Waals surface area contributed by atoms with Crippen molar-refractivity contribution in [2.24, 2.45) is 5.41 Å². The maximum Gasteiger partial charge on any atom is 0.198 e. The number of nitrogens with two attached hydrogens (primary N) is 1. The molecule has 3 aliphatic rings. The average Bonchev–Trinajstić information content (AvgIpc) is 3.61. The van der Waals surface area contributed by atoms with Gasteiger partial charge in [-0.1, -0.05) is 23.7 Å². The van der Waals surface area contributed by atoms with Gasteiger partial charge < -0.3 is 26.4 Å². The van der Waals surface area contributed by atoms with Crippen molar-refractivity contribution in [3.63, 3.8) is 0 Å². The third-order valence-corrected chi connectivity index (χ3v) is 6.84. The molecule has 0 bridgehead atoms. The first-order valence-corrected chi connectivity index (χ1v) is 10.9. The van der Waals surface area contributed by atoms with Crippen LogP contribution in [0, 0.1) is 29.1 Å². The highest BCUT2D eigenvalue weighted by molar-refractivity contribution is 6.31. The third kappa shape index (κ3) is 3.26. The fourth-order valence-corrected chi connectivity index (χ4v) is 4.71. The van der Waals surface area contributed by atoms with E-state index in [4.69, 9.17) is 5.73 Å². The Bertz CT molecular complexity index is 1410. The Balaban J connectivity index is 1.78. The minimum atomic E-state index is -1.36. The van der Waals surface area contributed by atoms with Crippen molar-refractivity contribution >= 4 is 22.9 Å². The van der Waals surface area contributed by atoms with E-state index >= 15 is 0 Å². The van der Waals surface area contributed by atoms with Crippen LogP contribution in [0.25, 0.3) is 0 Å². The number of nitrogen functional groups attached to an aromatic ring is 1. The molecule has 1 aliphatic heterocycles. The largest absolute Gasteiger partial charge is 0.507 e. The van der Waals surface area contributed by atoms with E-state index in [1.807, 2.05) is 0 Å². The van der Waals surface area contributed by atoms with Crippen LogP contribution in [0.1, 0.15) is 63.3 Å². The Morgan fingerprint density at radius 1 is 1.06 bits per heavy atom. The van der Waals surface area contributed by atoms with Crippen LogP contribution < -0.4 is 11.1 Å². The Kier molecular flexibility index (Phi) is 4.98. The molecule has 1 heterocycles. The molecule has 0 aromatic heterocycles. The molecule has 34 heavy (non-hydrogen) atoms. The molecule has 1 fully saturated rings. The van der Waals surface area contributed by atoms with Crippen LogP contribution in [0.5, 0.6) is 5.75 Å². The smallest absolute Gasteiger partial charge is 0.198 e. The molecule has 1 saturated carbocycles. The maximum atomic E-state index is 13.7. The Hall–Kier alpha value is -4.04. The van der Waals surface area contributed by atoms with Gasteiger partial charge in [-0.3, -0.25) is 9.59 Å². The molecule has 5 rings (SSSR count). The van der Waals surface area contributed by atoms with Crippen molar-refractivity contribution in [3.8, 4) is 29.4 Å². The SMILES string of the molecule is C[C@@H](O)C1([C@@H]2C#C/C=C\C#C[C@@H](O)c3cc(O)c4c(c3N2)C(=O)c2ccc(N)cc2C4=O)CC1. The fraction of sp³-hybridized carbons (Fsp3) is 0.259. The lowest BCUT2D eigenvalue weighted by Gasteiger charge is -2.31. The summed E-state index contributed by atoms with van der Waals surface area (Å²) in [4.78, 5) is 27.0. The van der Waals surface area contributed by atoms with Gasteiger partial charge in [0.2, 0.25) is 0 Å². The minimum absolute atomic E-state index is 0.0569. The van der Waals surface area contributed by atoms with Crippen molar-refractivity contribution in [1.29, 1.82) is 0 Å². The first-order valence-electron chi connectivity index (χ1n) is 10.9. The summed E-state index contributed by atoms with van der Waals surface area (Å²) < 4.78 is 0. The summed E-state index contributed by atoms with van der Waals surface area (Å²) in [6, 6.07) is 5.07. The molecular weight excluding hydrogens is 432 g/mol. The number of allylic oxidation sites excluding steroid dienone is 2. The second-order valence-corrected chi connectivity index (χ2v) is 8.87. The van der Waals surface area contributed by atoms with Gasteiger partial charge in [-0.25, -0.2) is 0 Å². The number of phenols is 1. The van der Waals surface area contributed by atoms with Gasteiger partial charge >= 0.3 is 0 Å². The number of phenolic OH excluding ortho intramolecular Hbond substituents is 1. The number of ketones is 2. The molecule has 7 nitrogen and oxygen atoms in total. The number of hydrogen-bond acceptors (Lipinski definition) is 7. The molecule has 0 radical (unpaired) electrons. The van der Waals surface area contributed by atoms with Gasteiger partial charge in [0.1, 0.15) is 11.9 Å². The van der Waals surface area contributed by atoms with Crippen LogP contribution in [0.2, 0.25) is 0 Å². The second kappa shape index (κ2) is 7.78. The molecule has 2 aromatic carbocycles. The van der Waals surface area contributed by atoms with E-state index in [1.165, 1.54) is 30.3 Å². The first kappa shape index (κ1) is 21.8. The van der Waals surface area contributed by atoms with Gasteiger partial charge in [-0.2, -0.15) is 0 Å².